The minimum Gasteiger partial charge on any atom is -0.369 e. The van der Waals surface area contributed by atoms with Crippen molar-refractivity contribution in [2.75, 3.05) is 0 Å². The highest BCUT2D eigenvalue weighted by molar-refractivity contribution is 7.37. The topological polar surface area (TPSA) is 118 Å². The minimum atomic E-state index is -1.74. The highest BCUT2D eigenvalue weighted by Gasteiger charge is 2.14. The number of nitriles is 1. The van der Waals surface area contributed by atoms with Gasteiger partial charge in [-0.05, 0) is 22.8 Å². The molecule has 0 bridgehead atoms. The van der Waals surface area contributed by atoms with Gasteiger partial charge in [-0.25, -0.2) is 4.20 Å². The van der Waals surface area contributed by atoms with Crippen LogP contribution in [-0.2, 0) is 4.57 Å². The average Bonchev–Trinajstić information content (AvgIpc) is 2.48. The molecule has 6 nitrogen and oxygen atoms in total. The first-order valence-electron chi connectivity index (χ1n) is 5.95. The van der Waals surface area contributed by atoms with Crippen LogP contribution in [-0.4, -0.2) is 5.96 Å². The van der Waals surface area contributed by atoms with Crippen molar-refractivity contribution in [1.29, 1.82) is 5.26 Å². The summed E-state index contributed by atoms with van der Waals surface area (Å²) < 4.78 is 17.1. The summed E-state index contributed by atoms with van der Waals surface area (Å²) in [5, 5.41) is 10.5. The Kier molecular flexibility index (Phi) is 4.50. The molecular weight excluding hydrogens is 287 g/mol. The normalized spacial score (nSPS) is 10.3. The average molecular weight is 299 g/mol. The van der Waals surface area contributed by atoms with Crippen LogP contribution in [0.5, 0.6) is 0 Å². The number of nitrogens with zero attached hydrogens (tertiary/aromatic N) is 2. The summed E-state index contributed by atoms with van der Waals surface area (Å²) in [5.74, 6) is -0.197. The van der Waals surface area contributed by atoms with E-state index >= 15 is 0 Å². The third kappa shape index (κ3) is 3.35. The zero-order valence-corrected chi connectivity index (χ0v) is 11.8. The van der Waals surface area contributed by atoms with E-state index in [1.54, 1.807) is 0 Å². The number of hydrogen-bond acceptors (Lipinski definition) is 4. The van der Waals surface area contributed by atoms with Crippen LogP contribution in [0, 0.1) is 11.5 Å². The molecule has 0 fully saturated rings. The lowest BCUT2D eigenvalue weighted by atomic mass is 10.1. The molecule has 1 aromatic heterocycles. The van der Waals surface area contributed by atoms with Gasteiger partial charge in [0, 0.05) is 10.8 Å². The van der Waals surface area contributed by atoms with Crippen molar-refractivity contribution in [2.45, 2.75) is 0 Å². The highest BCUT2D eigenvalue weighted by atomic mass is 31.1. The Bertz CT molecular complexity index is 908. The second-order valence-corrected chi connectivity index (χ2v) is 5.18. The van der Waals surface area contributed by atoms with Crippen molar-refractivity contribution < 1.29 is 8.76 Å². The zero-order chi connectivity index (χ0) is 15.2. The van der Waals surface area contributed by atoms with Crippen molar-refractivity contribution >= 4 is 35.1 Å². The first-order chi connectivity index (χ1) is 10.1. The molecule has 0 amide bonds. The Balaban J connectivity index is 0.000000232. The molecular formula is C14H12N4O2P+. The van der Waals surface area contributed by atoms with E-state index in [1.807, 2.05) is 48.5 Å². The molecule has 0 saturated carbocycles. The lowest BCUT2D eigenvalue weighted by Gasteiger charge is -1.94. The van der Waals surface area contributed by atoms with Gasteiger partial charge in [0.25, 0.3) is 0 Å². The van der Waals surface area contributed by atoms with E-state index in [1.165, 1.54) is 6.19 Å². The van der Waals surface area contributed by atoms with Gasteiger partial charge in [0.15, 0.2) is 5.58 Å². The maximum absolute atomic E-state index is 11.8. The number of nitrogens with two attached hydrogens (primary N) is 2. The smallest absolute Gasteiger partial charge is 0.369 e. The van der Waals surface area contributed by atoms with Gasteiger partial charge in [-0.2, -0.15) is 5.26 Å². The molecule has 0 radical (unpaired) electrons. The van der Waals surface area contributed by atoms with Crippen molar-refractivity contribution in [3.05, 3.63) is 48.5 Å². The van der Waals surface area contributed by atoms with E-state index in [0.717, 1.165) is 15.9 Å². The molecule has 4 N–H and O–H groups in total. The van der Waals surface area contributed by atoms with Gasteiger partial charge < -0.3 is 11.5 Å². The van der Waals surface area contributed by atoms with Gasteiger partial charge in [0.1, 0.15) is 0 Å². The second-order valence-electron chi connectivity index (χ2n) is 4.00. The third-order valence-corrected chi connectivity index (χ3v) is 3.78. The Morgan fingerprint density at radius 3 is 2.33 bits per heavy atom. The molecule has 21 heavy (non-hydrogen) atoms. The van der Waals surface area contributed by atoms with Crippen LogP contribution in [0.2, 0.25) is 0 Å². The number of hydrogen-bond donors (Lipinski definition) is 2. The molecule has 2 aromatic carbocycles. The largest absolute Gasteiger partial charge is 0.597 e. The van der Waals surface area contributed by atoms with Gasteiger partial charge in [0.2, 0.25) is 17.3 Å². The fourth-order valence-electron chi connectivity index (χ4n) is 1.83. The van der Waals surface area contributed by atoms with Crippen molar-refractivity contribution in [2.24, 2.45) is 16.5 Å². The monoisotopic (exact) mass is 299 g/mol. The van der Waals surface area contributed by atoms with Crippen molar-refractivity contribution in [3.8, 4) is 6.19 Å². The molecule has 1 atom stereocenters. The van der Waals surface area contributed by atoms with E-state index in [9.17, 15) is 4.57 Å². The lowest BCUT2D eigenvalue weighted by molar-refractivity contribution is 0.563. The molecule has 0 spiro atoms. The second kappa shape index (κ2) is 6.51. The Hall–Kier alpha value is -2.90. The minimum absolute atomic E-state index is 0.197. The molecule has 3 rings (SSSR count). The number of benzene rings is 2. The van der Waals surface area contributed by atoms with Crippen LogP contribution < -0.4 is 11.5 Å². The van der Waals surface area contributed by atoms with Crippen LogP contribution in [0.15, 0.2) is 57.7 Å². The van der Waals surface area contributed by atoms with Crippen LogP contribution in [0.1, 0.15) is 0 Å². The SMILES string of the molecule is N#CN=C(N)N.O=[p+]1oc2ccccc2c2ccccc21. The van der Waals surface area contributed by atoms with Gasteiger partial charge >= 0.3 is 7.65 Å². The summed E-state index contributed by atoms with van der Waals surface area (Å²) in [6, 6.07) is 15.3. The predicted octanol–water partition coefficient (Wildman–Crippen LogP) is 3.07. The van der Waals surface area contributed by atoms with Gasteiger partial charge in [-0.3, -0.25) is 0 Å². The summed E-state index contributed by atoms with van der Waals surface area (Å²) >= 11 is 0. The standard InChI is InChI=1S/C12H8O2P.C2H4N4/c13-15-12-8-4-2-6-10(12)9-5-1-3-7-11(9)14-15;3-1-6-2(4)5/h1-8H;(H4,4,5,6)/q+1;. The van der Waals surface area contributed by atoms with Gasteiger partial charge in [-0.1, -0.05) is 30.3 Å². The molecule has 1 heterocycles. The molecule has 0 aliphatic carbocycles. The number of para-hydroxylation sites is 1. The Morgan fingerprint density at radius 1 is 1.10 bits per heavy atom. The van der Waals surface area contributed by atoms with E-state index in [4.69, 9.17) is 20.9 Å². The Morgan fingerprint density at radius 2 is 1.71 bits per heavy atom. The fourth-order valence-corrected chi connectivity index (χ4v) is 2.86. The molecule has 1 unspecified atom stereocenters. The molecule has 104 valence electrons. The summed E-state index contributed by atoms with van der Waals surface area (Å²) in [6.45, 7) is 0. The first-order valence-corrected chi connectivity index (χ1v) is 7.12. The van der Waals surface area contributed by atoms with Crippen LogP contribution in [0.25, 0.3) is 21.5 Å². The molecule has 0 aliphatic heterocycles. The third-order valence-electron chi connectivity index (χ3n) is 2.64. The number of guanidine groups is 1. The van der Waals surface area contributed by atoms with E-state index < -0.39 is 7.65 Å². The summed E-state index contributed by atoms with van der Waals surface area (Å²) in [7, 11) is -1.74. The van der Waals surface area contributed by atoms with Crippen molar-refractivity contribution in [3.63, 3.8) is 0 Å². The fraction of sp³-hybridized carbons (Fsp3) is 0. The summed E-state index contributed by atoms with van der Waals surface area (Å²) in [5.41, 5.74) is 10.1. The maximum Gasteiger partial charge on any atom is 0.597 e. The first kappa shape index (κ1) is 14.5. The number of fused-ring (bicyclic) bond motifs is 3. The molecule has 3 aromatic rings. The quantitative estimate of drug-likeness (QED) is 0.286. The molecule has 0 aliphatic rings. The molecule has 7 heteroatoms. The highest BCUT2D eigenvalue weighted by Crippen LogP contribution is 2.34. The van der Waals surface area contributed by atoms with Crippen molar-refractivity contribution in [1.82, 2.24) is 0 Å². The zero-order valence-electron chi connectivity index (χ0n) is 10.9. The van der Waals surface area contributed by atoms with E-state index in [-0.39, 0.29) is 5.96 Å². The predicted molar refractivity (Wildman–Crippen MR) is 82.7 cm³/mol. The van der Waals surface area contributed by atoms with Crippen LogP contribution in [0.4, 0.5) is 0 Å². The number of rotatable bonds is 0. The van der Waals surface area contributed by atoms with E-state index in [0.29, 0.717) is 5.58 Å². The van der Waals surface area contributed by atoms with Crippen LogP contribution in [0.3, 0.4) is 0 Å². The van der Waals surface area contributed by atoms with Gasteiger partial charge in [-0.15, -0.1) is 4.99 Å². The molecule has 0 saturated heterocycles. The number of aliphatic imine (C=N–C) groups is 1. The van der Waals surface area contributed by atoms with Crippen LogP contribution >= 0.6 is 7.65 Å². The van der Waals surface area contributed by atoms with E-state index in [2.05, 4.69) is 4.99 Å². The summed E-state index contributed by atoms with van der Waals surface area (Å²) in [4.78, 5) is 2.90. The lowest BCUT2D eigenvalue weighted by Crippen LogP contribution is -2.21. The maximum atomic E-state index is 11.8. The van der Waals surface area contributed by atoms with Gasteiger partial charge in [0.05, 0.1) is 0 Å². The summed E-state index contributed by atoms with van der Waals surface area (Å²) in [6.07, 6.45) is 1.41. The Labute approximate surface area is 121 Å².